The maximum absolute atomic E-state index is 12.7. The van der Waals surface area contributed by atoms with E-state index in [0.29, 0.717) is 27.6 Å². The molecule has 1 atom stereocenters. The van der Waals surface area contributed by atoms with Gasteiger partial charge in [0, 0.05) is 5.92 Å². The smallest absolute Gasteiger partial charge is 0.344 e. The van der Waals surface area contributed by atoms with Crippen LogP contribution in [0.3, 0.4) is 0 Å². The molecule has 2 N–H and O–H groups in total. The first-order valence-corrected chi connectivity index (χ1v) is 9.44. The third-order valence-electron chi connectivity index (χ3n) is 4.45. The van der Waals surface area contributed by atoms with Crippen LogP contribution >= 0.6 is 11.8 Å². The van der Waals surface area contributed by atoms with Crippen molar-refractivity contribution in [1.82, 2.24) is 25.9 Å². The van der Waals surface area contributed by atoms with Crippen molar-refractivity contribution < 1.29 is 18.8 Å². The molecule has 2 heterocycles. The number of carbonyl (C=O) groups is 3. The number of nitrogens with zero attached hydrogens (tertiary/aromatic N) is 3. The number of aromatic nitrogens is 2. The summed E-state index contributed by atoms with van der Waals surface area (Å²) in [5, 5.41) is 11.4. The predicted octanol–water partition coefficient (Wildman–Crippen LogP) is 1.54. The predicted molar refractivity (Wildman–Crippen MR) is 94.3 cm³/mol. The first kappa shape index (κ1) is 17.5. The van der Waals surface area contributed by atoms with Crippen molar-refractivity contribution in [2.45, 2.75) is 36.4 Å². The SMILES string of the molecule is C[C@]1(c2ccccc2)NC(=O)N(NC(=O)CSc2nnc(C3CC3)o2)C1=O. The van der Waals surface area contributed by atoms with Gasteiger partial charge >= 0.3 is 6.03 Å². The van der Waals surface area contributed by atoms with Crippen molar-refractivity contribution in [2.75, 3.05) is 5.75 Å². The van der Waals surface area contributed by atoms with Crippen LogP contribution < -0.4 is 10.7 Å². The lowest BCUT2D eigenvalue weighted by Crippen LogP contribution is -2.48. The normalized spacial score (nSPS) is 22.0. The molecule has 1 saturated heterocycles. The number of thioether (sulfide) groups is 1. The van der Waals surface area contributed by atoms with Gasteiger partial charge in [-0.05, 0) is 25.3 Å². The van der Waals surface area contributed by atoms with Gasteiger partial charge in [-0.3, -0.25) is 15.0 Å². The molecule has 1 aromatic carbocycles. The Hall–Kier alpha value is -2.88. The van der Waals surface area contributed by atoms with Crippen molar-refractivity contribution >= 4 is 29.6 Å². The highest BCUT2D eigenvalue weighted by atomic mass is 32.2. The molecule has 0 bridgehead atoms. The van der Waals surface area contributed by atoms with Gasteiger partial charge in [-0.2, -0.15) is 5.01 Å². The lowest BCUT2D eigenvalue weighted by atomic mass is 9.92. The number of rotatable bonds is 6. The Bertz CT molecular complexity index is 898. The molecule has 0 unspecified atom stereocenters. The molecule has 9 nitrogen and oxygen atoms in total. The van der Waals surface area contributed by atoms with Gasteiger partial charge in [-0.25, -0.2) is 4.79 Å². The maximum Gasteiger partial charge on any atom is 0.344 e. The van der Waals surface area contributed by atoms with Crippen LogP contribution in [-0.2, 0) is 15.1 Å². The maximum atomic E-state index is 12.7. The molecule has 2 aliphatic rings. The number of imide groups is 1. The average molecular weight is 387 g/mol. The summed E-state index contributed by atoms with van der Waals surface area (Å²) in [5.74, 6) is -0.212. The monoisotopic (exact) mass is 387 g/mol. The van der Waals surface area contributed by atoms with Crippen LogP contribution in [0, 0.1) is 0 Å². The first-order valence-electron chi connectivity index (χ1n) is 8.45. The quantitative estimate of drug-likeness (QED) is 0.570. The zero-order valence-electron chi connectivity index (χ0n) is 14.5. The zero-order chi connectivity index (χ0) is 19.0. The van der Waals surface area contributed by atoms with Crippen LogP contribution in [0.1, 0.15) is 37.1 Å². The van der Waals surface area contributed by atoms with E-state index < -0.39 is 23.4 Å². The number of nitrogens with one attached hydrogen (secondary N) is 2. The zero-order valence-corrected chi connectivity index (χ0v) is 15.3. The largest absolute Gasteiger partial charge is 0.416 e. The highest BCUT2D eigenvalue weighted by molar-refractivity contribution is 7.99. The summed E-state index contributed by atoms with van der Waals surface area (Å²) in [6.45, 7) is 1.60. The fourth-order valence-electron chi connectivity index (χ4n) is 2.77. The number of amides is 4. The molecule has 1 saturated carbocycles. The minimum Gasteiger partial charge on any atom is -0.416 e. The average Bonchev–Trinajstić information content (AvgIpc) is 3.37. The second-order valence-corrected chi connectivity index (χ2v) is 7.49. The third kappa shape index (κ3) is 3.39. The second kappa shape index (κ2) is 6.69. The van der Waals surface area contributed by atoms with Gasteiger partial charge in [0.15, 0.2) is 0 Å². The van der Waals surface area contributed by atoms with E-state index in [0.717, 1.165) is 24.6 Å². The molecule has 2 fully saturated rings. The van der Waals surface area contributed by atoms with E-state index in [-0.39, 0.29) is 5.75 Å². The molecule has 1 aromatic heterocycles. The minimum atomic E-state index is -1.23. The second-order valence-electron chi connectivity index (χ2n) is 6.57. The van der Waals surface area contributed by atoms with Crippen molar-refractivity contribution in [3.05, 3.63) is 41.8 Å². The Kier molecular flexibility index (Phi) is 4.34. The minimum absolute atomic E-state index is 0.0641. The Morgan fingerprint density at radius 3 is 2.78 bits per heavy atom. The third-order valence-corrected chi connectivity index (χ3v) is 5.27. The fourth-order valence-corrected chi connectivity index (χ4v) is 3.33. The Morgan fingerprint density at radius 1 is 1.33 bits per heavy atom. The van der Waals surface area contributed by atoms with E-state index in [9.17, 15) is 14.4 Å². The molecule has 4 rings (SSSR count). The summed E-state index contributed by atoms with van der Waals surface area (Å²) in [6, 6.07) is 8.17. The lowest BCUT2D eigenvalue weighted by molar-refractivity contribution is -0.138. The van der Waals surface area contributed by atoms with Crippen LogP contribution in [0.5, 0.6) is 0 Å². The van der Waals surface area contributed by atoms with E-state index in [4.69, 9.17) is 4.42 Å². The van der Waals surface area contributed by atoms with Gasteiger partial charge in [0.2, 0.25) is 11.8 Å². The Labute approximate surface area is 158 Å². The molecule has 0 spiro atoms. The molecular weight excluding hydrogens is 370 g/mol. The standard InChI is InChI=1S/C17H17N5O4S/c1-17(11-5-3-2-4-6-11)14(24)22(15(25)18-17)21-12(23)9-27-16-20-19-13(26-16)10-7-8-10/h2-6,10H,7-9H2,1H3,(H,18,25)(H,21,23)/t17-/m1/s1. The summed E-state index contributed by atoms with van der Waals surface area (Å²) in [5.41, 5.74) is 1.74. The van der Waals surface area contributed by atoms with Crippen molar-refractivity contribution in [3.8, 4) is 0 Å². The van der Waals surface area contributed by atoms with Crippen LogP contribution in [0.25, 0.3) is 0 Å². The molecule has 1 aliphatic carbocycles. The topological polar surface area (TPSA) is 117 Å². The number of hydrogen-bond acceptors (Lipinski definition) is 7. The summed E-state index contributed by atoms with van der Waals surface area (Å²) < 4.78 is 5.46. The van der Waals surface area contributed by atoms with Crippen LogP contribution in [-0.4, -0.2) is 38.8 Å². The van der Waals surface area contributed by atoms with E-state index in [1.807, 2.05) is 6.07 Å². The number of hydrazine groups is 1. The lowest BCUT2D eigenvalue weighted by Gasteiger charge is -2.22. The van der Waals surface area contributed by atoms with E-state index >= 15 is 0 Å². The Morgan fingerprint density at radius 2 is 2.07 bits per heavy atom. The van der Waals surface area contributed by atoms with Gasteiger partial charge < -0.3 is 9.73 Å². The summed E-state index contributed by atoms with van der Waals surface area (Å²) >= 11 is 1.05. The molecule has 27 heavy (non-hydrogen) atoms. The van der Waals surface area contributed by atoms with Crippen LogP contribution in [0.4, 0.5) is 4.79 Å². The van der Waals surface area contributed by atoms with Crippen molar-refractivity contribution in [3.63, 3.8) is 0 Å². The molecule has 0 radical (unpaired) electrons. The van der Waals surface area contributed by atoms with Gasteiger partial charge in [0.1, 0.15) is 5.54 Å². The van der Waals surface area contributed by atoms with Gasteiger partial charge in [0.05, 0.1) is 5.75 Å². The van der Waals surface area contributed by atoms with E-state index in [2.05, 4.69) is 20.9 Å². The molecule has 1 aliphatic heterocycles. The number of urea groups is 1. The summed E-state index contributed by atoms with van der Waals surface area (Å²) in [6.07, 6.45) is 2.08. The summed E-state index contributed by atoms with van der Waals surface area (Å²) in [7, 11) is 0. The number of hydrogen-bond donors (Lipinski definition) is 2. The first-order chi connectivity index (χ1) is 13.0. The van der Waals surface area contributed by atoms with Crippen LogP contribution in [0.15, 0.2) is 40.0 Å². The number of benzene rings is 1. The van der Waals surface area contributed by atoms with Crippen LogP contribution in [0.2, 0.25) is 0 Å². The molecule has 10 heteroatoms. The molecule has 140 valence electrons. The van der Waals surface area contributed by atoms with Gasteiger partial charge in [0.25, 0.3) is 11.1 Å². The van der Waals surface area contributed by atoms with Gasteiger partial charge in [-0.1, -0.05) is 42.1 Å². The van der Waals surface area contributed by atoms with E-state index in [1.165, 1.54) is 0 Å². The van der Waals surface area contributed by atoms with E-state index in [1.54, 1.807) is 31.2 Å². The molecular formula is C17H17N5O4S. The summed E-state index contributed by atoms with van der Waals surface area (Å²) in [4.78, 5) is 37.1. The fraction of sp³-hybridized carbons (Fsp3) is 0.353. The number of carbonyl (C=O) groups excluding carboxylic acids is 3. The van der Waals surface area contributed by atoms with Crippen molar-refractivity contribution in [2.24, 2.45) is 0 Å². The Balaban J connectivity index is 1.37. The highest BCUT2D eigenvalue weighted by Gasteiger charge is 2.49. The highest BCUT2D eigenvalue weighted by Crippen LogP contribution is 2.39. The molecule has 4 amide bonds. The van der Waals surface area contributed by atoms with Crippen molar-refractivity contribution in [1.29, 1.82) is 0 Å². The van der Waals surface area contributed by atoms with Gasteiger partial charge in [-0.15, -0.1) is 10.2 Å². The molecule has 2 aromatic rings.